The molecule has 1 saturated carbocycles. The van der Waals surface area contributed by atoms with Crippen molar-refractivity contribution in [3.63, 3.8) is 0 Å². The van der Waals surface area contributed by atoms with Gasteiger partial charge in [-0.25, -0.2) is 21.9 Å². The average Bonchev–Trinajstić information content (AvgIpc) is 3.07. The summed E-state index contributed by atoms with van der Waals surface area (Å²) in [6.45, 7) is -0.279. The first-order chi connectivity index (χ1) is 8.88. The Labute approximate surface area is 122 Å². The highest BCUT2D eigenvalue weighted by molar-refractivity contribution is 9.11. The Kier molecular flexibility index (Phi) is 4.93. The molecule has 0 radical (unpaired) electrons. The fourth-order valence-electron chi connectivity index (χ4n) is 1.45. The lowest BCUT2D eigenvalue weighted by atomic mass is 10.4. The third-order valence-corrected chi connectivity index (χ3v) is 6.24. The Morgan fingerprint density at radius 2 is 2.16 bits per heavy atom. The number of sulfonamides is 1. The number of nitrogens with one attached hydrogen (secondary N) is 2. The molecule has 1 aliphatic rings. The van der Waals surface area contributed by atoms with Gasteiger partial charge in [0.2, 0.25) is 10.0 Å². The van der Waals surface area contributed by atoms with Gasteiger partial charge in [-0.3, -0.25) is 0 Å². The van der Waals surface area contributed by atoms with Crippen molar-refractivity contribution < 1.29 is 17.2 Å². The molecule has 1 heterocycles. The van der Waals surface area contributed by atoms with Crippen LogP contribution in [0.5, 0.6) is 0 Å². The van der Waals surface area contributed by atoms with Gasteiger partial charge in [-0.05, 0) is 34.8 Å². The van der Waals surface area contributed by atoms with Crippen molar-refractivity contribution in [2.24, 2.45) is 0 Å². The van der Waals surface area contributed by atoms with Crippen LogP contribution < -0.4 is 10.0 Å². The van der Waals surface area contributed by atoms with E-state index in [0.29, 0.717) is 16.4 Å². The maximum Gasteiger partial charge on any atom is 0.251 e. The van der Waals surface area contributed by atoms with Crippen LogP contribution in [-0.4, -0.2) is 27.4 Å². The van der Waals surface area contributed by atoms with Crippen LogP contribution in [0.2, 0.25) is 0 Å². The smallest absolute Gasteiger partial charge is 0.251 e. The van der Waals surface area contributed by atoms with Crippen molar-refractivity contribution in [1.29, 1.82) is 0 Å². The fourth-order valence-corrected chi connectivity index (χ4v) is 5.09. The van der Waals surface area contributed by atoms with E-state index in [2.05, 4.69) is 21.2 Å². The first kappa shape index (κ1) is 15.3. The van der Waals surface area contributed by atoms with Crippen molar-refractivity contribution >= 4 is 37.3 Å². The number of alkyl halides is 2. The number of thiophene rings is 1. The van der Waals surface area contributed by atoms with Gasteiger partial charge in [-0.15, -0.1) is 11.3 Å². The molecular formula is C10H13BrF2N2O2S2. The molecule has 1 aromatic rings. The van der Waals surface area contributed by atoms with E-state index in [1.807, 2.05) is 4.72 Å². The van der Waals surface area contributed by atoms with Crippen LogP contribution in [0.15, 0.2) is 14.7 Å². The molecule has 0 aliphatic heterocycles. The van der Waals surface area contributed by atoms with Crippen molar-refractivity contribution in [1.82, 2.24) is 10.0 Å². The molecule has 0 bridgehead atoms. The quantitative estimate of drug-likeness (QED) is 0.769. The van der Waals surface area contributed by atoms with E-state index < -0.39 is 23.0 Å². The lowest BCUT2D eigenvalue weighted by molar-refractivity contribution is 0.153. The molecule has 0 unspecified atom stereocenters. The fraction of sp³-hybridized carbons (Fsp3) is 0.600. The Bertz CT molecular complexity index is 544. The topological polar surface area (TPSA) is 58.2 Å². The maximum absolute atomic E-state index is 12.1. The first-order valence-electron chi connectivity index (χ1n) is 5.68. The van der Waals surface area contributed by atoms with Crippen LogP contribution in [0.1, 0.15) is 17.7 Å². The van der Waals surface area contributed by atoms with Crippen LogP contribution >= 0.6 is 27.3 Å². The molecular weight excluding hydrogens is 362 g/mol. The lowest BCUT2D eigenvalue weighted by Crippen LogP contribution is -2.28. The molecule has 4 nitrogen and oxygen atoms in total. The van der Waals surface area contributed by atoms with Gasteiger partial charge in [0, 0.05) is 17.5 Å². The van der Waals surface area contributed by atoms with Crippen molar-refractivity contribution in [2.75, 3.05) is 6.54 Å². The number of hydrogen-bond donors (Lipinski definition) is 2. The zero-order chi connectivity index (χ0) is 14.0. The SMILES string of the molecule is O=S(=O)(NCC(F)F)c1cc(CNC2CC2)sc1Br. The van der Waals surface area contributed by atoms with Gasteiger partial charge in [-0.1, -0.05) is 0 Å². The summed E-state index contributed by atoms with van der Waals surface area (Å²) in [6, 6.07) is 2.04. The molecule has 2 rings (SSSR count). The van der Waals surface area contributed by atoms with Gasteiger partial charge in [-0.2, -0.15) is 0 Å². The largest absolute Gasteiger partial charge is 0.309 e. The molecule has 1 fully saturated rings. The van der Waals surface area contributed by atoms with Gasteiger partial charge in [0.25, 0.3) is 6.43 Å². The van der Waals surface area contributed by atoms with E-state index in [1.165, 1.54) is 17.4 Å². The molecule has 9 heteroatoms. The van der Waals surface area contributed by atoms with Crippen LogP contribution in [0.25, 0.3) is 0 Å². The Morgan fingerprint density at radius 3 is 2.74 bits per heavy atom. The van der Waals surface area contributed by atoms with E-state index in [0.717, 1.165) is 17.7 Å². The van der Waals surface area contributed by atoms with Gasteiger partial charge < -0.3 is 5.32 Å². The lowest BCUT2D eigenvalue weighted by Gasteiger charge is -2.04. The average molecular weight is 375 g/mol. The molecule has 0 spiro atoms. The van der Waals surface area contributed by atoms with E-state index in [4.69, 9.17) is 0 Å². The highest BCUT2D eigenvalue weighted by Crippen LogP contribution is 2.32. The summed E-state index contributed by atoms with van der Waals surface area (Å²) in [5.41, 5.74) is 0. The zero-order valence-electron chi connectivity index (χ0n) is 9.83. The second kappa shape index (κ2) is 6.13. The van der Waals surface area contributed by atoms with Crippen LogP contribution in [0.4, 0.5) is 8.78 Å². The number of halogens is 3. The van der Waals surface area contributed by atoms with Gasteiger partial charge >= 0.3 is 0 Å². The summed E-state index contributed by atoms with van der Waals surface area (Å²) in [6.07, 6.45) is -0.412. The molecule has 1 aliphatic carbocycles. The Balaban J connectivity index is 2.05. The summed E-state index contributed by atoms with van der Waals surface area (Å²) in [5, 5.41) is 3.27. The highest BCUT2D eigenvalue weighted by atomic mass is 79.9. The third-order valence-electron chi connectivity index (χ3n) is 2.57. The minimum absolute atomic E-state index is 0.0192. The molecule has 108 valence electrons. The zero-order valence-corrected chi connectivity index (χ0v) is 13.0. The van der Waals surface area contributed by atoms with Crippen LogP contribution in [0, 0.1) is 0 Å². The molecule has 0 aromatic carbocycles. The molecule has 0 amide bonds. The highest BCUT2D eigenvalue weighted by Gasteiger charge is 2.24. The number of hydrogen-bond acceptors (Lipinski definition) is 4. The second-order valence-corrected chi connectivity index (χ2v) is 8.44. The predicted molar refractivity (Wildman–Crippen MR) is 73.1 cm³/mol. The molecule has 1 aromatic heterocycles. The molecule has 0 saturated heterocycles. The van der Waals surface area contributed by atoms with Gasteiger partial charge in [0.1, 0.15) is 4.90 Å². The van der Waals surface area contributed by atoms with E-state index in [9.17, 15) is 17.2 Å². The Hall–Kier alpha value is -0.0900. The summed E-state index contributed by atoms with van der Waals surface area (Å²) in [7, 11) is -3.88. The van der Waals surface area contributed by atoms with Crippen molar-refractivity contribution in [3.8, 4) is 0 Å². The van der Waals surface area contributed by atoms with Crippen molar-refractivity contribution in [2.45, 2.75) is 36.7 Å². The standard InChI is InChI=1S/C10H13BrF2N2O2S2/c11-10-8(19(16,17)15-5-9(12)13)3-7(18-10)4-14-6-1-2-6/h3,6,9,14-15H,1-2,4-5H2. The van der Waals surface area contributed by atoms with Gasteiger partial charge in [0.15, 0.2) is 0 Å². The van der Waals surface area contributed by atoms with Crippen LogP contribution in [0.3, 0.4) is 0 Å². The molecule has 19 heavy (non-hydrogen) atoms. The minimum Gasteiger partial charge on any atom is -0.309 e. The van der Waals surface area contributed by atoms with Gasteiger partial charge in [0.05, 0.1) is 10.3 Å². The van der Waals surface area contributed by atoms with Crippen molar-refractivity contribution in [3.05, 3.63) is 14.7 Å². The minimum atomic E-state index is -3.88. The normalized spacial score (nSPS) is 16.2. The first-order valence-corrected chi connectivity index (χ1v) is 8.77. The van der Waals surface area contributed by atoms with Crippen LogP contribution in [-0.2, 0) is 16.6 Å². The van der Waals surface area contributed by atoms with E-state index in [-0.39, 0.29) is 4.90 Å². The summed E-state index contributed by atoms with van der Waals surface area (Å²) in [4.78, 5) is 0.877. The predicted octanol–water partition coefficient (Wildman–Crippen LogP) is 2.31. The molecule has 0 atom stereocenters. The maximum atomic E-state index is 12.1. The Morgan fingerprint density at radius 1 is 1.47 bits per heavy atom. The summed E-state index contributed by atoms with van der Waals surface area (Å²) < 4.78 is 50.1. The molecule has 2 N–H and O–H groups in total. The summed E-state index contributed by atoms with van der Waals surface area (Å²) in [5.74, 6) is 0. The number of rotatable bonds is 7. The summed E-state index contributed by atoms with van der Waals surface area (Å²) >= 11 is 4.46. The third kappa shape index (κ3) is 4.45. The second-order valence-electron chi connectivity index (χ2n) is 4.25. The van der Waals surface area contributed by atoms with E-state index >= 15 is 0 Å². The van der Waals surface area contributed by atoms with E-state index in [1.54, 1.807) is 0 Å². The monoisotopic (exact) mass is 374 g/mol.